The Kier molecular flexibility index (Phi) is 4.07. The third kappa shape index (κ3) is 2.72. The topological polar surface area (TPSA) is 70.0 Å². The Hall–Kier alpha value is -1.59. The molecule has 2 atom stereocenters. The van der Waals surface area contributed by atoms with E-state index in [9.17, 15) is 15.0 Å². The minimum Gasteiger partial charge on any atom is -0.508 e. The summed E-state index contributed by atoms with van der Waals surface area (Å²) in [5.74, 6) is -0.230. The first kappa shape index (κ1) is 13.8. The van der Waals surface area contributed by atoms with Crippen LogP contribution in [0, 0.1) is 0 Å². The van der Waals surface area contributed by atoms with Gasteiger partial charge in [0.25, 0.3) is 0 Å². The number of β-amino-alcohol motifs (C(OH)–C–C–N with tert-alkyl or cyclic N) is 1. The molecular weight excluding hydrogens is 246 g/mol. The molecular formula is C14H19NO4. The highest BCUT2D eigenvalue weighted by atomic mass is 16.5. The van der Waals surface area contributed by atoms with Crippen molar-refractivity contribution in [1.82, 2.24) is 4.90 Å². The predicted octanol–water partition coefficient (Wildman–Crippen LogP) is 1.37. The molecule has 2 rings (SSSR count). The molecule has 0 fully saturated rings. The molecule has 1 aromatic rings. The zero-order chi connectivity index (χ0) is 14.0. The molecule has 1 aromatic carbocycles. The van der Waals surface area contributed by atoms with Crippen LogP contribution < -0.4 is 0 Å². The van der Waals surface area contributed by atoms with Crippen LogP contribution in [0.3, 0.4) is 0 Å². The summed E-state index contributed by atoms with van der Waals surface area (Å²) in [5.41, 5.74) is 1.29. The first-order chi connectivity index (χ1) is 9.04. The lowest BCUT2D eigenvalue weighted by Gasteiger charge is -2.35. The third-order valence-corrected chi connectivity index (χ3v) is 3.30. The van der Waals surface area contributed by atoms with E-state index in [4.69, 9.17) is 4.74 Å². The van der Waals surface area contributed by atoms with Crippen molar-refractivity contribution in [3.63, 3.8) is 0 Å². The van der Waals surface area contributed by atoms with Gasteiger partial charge in [-0.1, -0.05) is 13.0 Å². The van der Waals surface area contributed by atoms with Crippen LogP contribution >= 0.6 is 0 Å². The molecule has 19 heavy (non-hydrogen) atoms. The Bertz CT molecular complexity index is 475. The summed E-state index contributed by atoms with van der Waals surface area (Å²) in [6.45, 7) is 2.66. The fourth-order valence-electron chi connectivity index (χ4n) is 2.40. The largest absolute Gasteiger partial charge is 0.508 e. The molecule has 0 saturated carbocycles. The van der Waals surface area contributed by atoms with E-state index in [1.54, 1.807) is 18.0 Å². The van der Waals surface area contributed by atoms with Crippen molar-refractivity contribution in [2.75, 3.05) is 20.2 Å². The highest BCUT2D eigenvalue weighted by Crippen LogP contribution is 2.36. The average Bonchev–Trinajstić information content (AvgIpc) is 2.37. The van der Waals surface area contributed by atoms with E-state index in [1.807, 2.05) is 6.92 Å². The number of carbonyl (C=O) groups excluding carboxylic acids is 1. The number of hydrogen-bond donors (Lipinski definition) is 2. The quantitative estimate of drug-likeness (QED) is 0.808. The molecule has 1 aliphatic rings. The van der Waals surface area contributed by atoms with Crippen LogP contribution in [0.15, 0.2) is 18.2 Å². The van der Waals surface area contributed by atoms with E-state index in [0.29, 0.717) is 24.3 Å². The number of fused-ring (bicyclic) bond motifs is 1. The number of phenolic OH excluding ortho intramolecular Hbond substituents is 1. The third-order valence-electron chi connectivity index (χ3n) is 3.30. The predicted molar refractivity (Wildman–Crippen MR) is 69.7 cm³/mol. The molecule has 2 N–H and O–H groups in total. The van der Waals surface area contributed by atoms with Crippen molar-refractivity contribution in [2.45, 2.75) is 25.5 Å². The van der Waals surface area contributed by atoms with Gasteiger partial charge in [-0.05, 0) is 36.7 Å². The molecule has 0 bridgehead atoms. The fourth-order valence-corrected chi connectivity index (χ4v) is 2.40. The highest BCUT2D eigenvalue weighted by molar-refractivity contribution is 5.78. The van der Waals surface area contributed by atoms with Crippen LogP contribution in [-0.4, -0.2) is 41.3 Å². The minimum atomic E-state index is -0.706. The maximum absolute atomic E-state index is 12.1. The van der Waals surface area contributed by atoms with Gasteiger partial charge in [0, 0.05) is 6.54 Å². The van der Waals surface area contributed by atoms with E-state index < -0.39 is 12.1 Å². The van der Waals surface area contributed by atoms with Crippen molar-refractivity contribution in [3.05, 3.63) is 29.3 Å². The van der Waals surface area contributed by atoms with Crippen molar-refractivity contribution in [3.8, 4) is 5.75 Å². The average molecular weight is 265 g/mol. The standard InChI is InChI=1S/C14H19NO4/c1-3-6-19-14(18)13-10-5-4-9(16)7-11(10)12(17)8-15(13)2/h4-5,7,12-13,16-17H,3,6,8H2,1-2H3. The van der Waals surface area contributed by atoms with Crippen molar-refractivity contribution >= 4 is 5.97 Å². The molecule has 0 aromatic heterocycles. The van der Waals surface area contributed by atoms with Crippen LogP contribution in [-0.2, 0) is 9.53 Å². The first-order valence-corrected chi connectivity index (χ1v) is 6.42. The Balaban J connectivity index is 2.34. The smallest absolute Gasteiger partial charge is 0.328 e. The fraction of sp³-hybridized carbons (Fsp3) is 0.500. The van der Waals surface area contributed by atoms with Crippen LogP contribution in [0.2, 0.25) is 0 Å². The summed E-state index contributed by atoms with van der Waals surface area (Å²) in [4.78, 5) is 13.9. The summed E-state index contributed by atoms with van der Waals surface area (Å²) in [7, 11) is 1.77. The molecule has 0 saturated heterocycles. The van der Waals surface area contributed by atoms with Crippen molar-refractivity contribution in [2.24, 2.45) is 0 Å². The number of aromatic hydroxyl groups is 1. The van der Waals surface area contributed by atoms with Gasteiger partial charge in [0.2, 0.25) is 0 Å². The Morgan fingerprint density at radius 2 is 2.21 bits per heavy atom. The number of likely N-dealkylation sites (N-methyl/N-ethyl adjacent to an activating group) is 1. The summed E-state index contributed by atoms with van der Waals surface area (Å²) in [5, 5.41) is 19.5. The molecule has 1 heterocycles. The summed E-state index contributed by atoms with van der Waals surface area (Å²) >= 11 is 0. The molecule has 0 radical (unpaired) electrons. The number of carbonyl (C=O) groups is 1. The number of rotatable bonds is 3. The van der Waals surface area contributed by atoms with E-state index in [-0.39, 0.29) is 11.7 Å². The van der Waals surface area contributed by atoms with Gasteiger partial charge in [-0.2, -0.15) is 0 Å². The van der Waals surface area contributed by atoms with Gasteiger partial charge in [0.05, 0.1) is 12.7 Å². The van der Waals surface area contributed by atoms with Crippen molar-refractivity contribution < 1.29 is 19.7 Å². The lowest BCUT2D eigenvalue weighted by Crippen LogP contribution is -2.39. The molecule has 104 valence electrons. The summed E-state index contributed by atoms with van der Waals surface area (Å²) in [6.07, 6.45) is 0.0649. The SMILES string of the molecule is CCCOC(=O)C1c2ccc(O)cc2C(O)CN1C. The van der Waals surface area contributed by atoms with Crippen molar-refractivity contribution in [1.29, 1.82) is 0 Å². The van der Waals surface area contributed by atoms with Gasteiger partial charge < -0.3 is 14.9 Å². The van der Waals surface area contributed by atoms with E-state index in [2.05, 4.69) is 0 Å². The zero-order valence-electron chi connectivity index (χ0n) is 11.2. The maximum Gasteiger partial charge on any atom is 0.328 e. The lowest BCUT2D eigenvalue weighted by molar-refractivity contribution is -0.151. The Morgan fingerprint density at radius 3 is 2.89 bits per heavy atom. The summed E-state index contributed by atoms with van der Waals surface area (Å²) in [6, 6.07) is 4.17. The van der Waals surface area contributed by atoms with Gasteiger partial charge >= 0.3 is 5.97 Å². The maximum atomic E-state index is 12.1. The second-order valence-electron chi connectivity index (χ2n) is 4.84. The highest BCUT2D eigenvalue weighted by Gasteiger charge is 2.35. The number of esters is 1. The number of aliphatic hydroxyl groups excluding tert-OH is 1. The molecule has 0 aliphatic carbocycles. The van der Waals surface area contributed by atoms with Gasteiger partial charge in [0.1, 0.15) is 11.8 Å². The number of nitrogens with zero attached hydrogens (tertiary/aromatic N) is 1. The zero-order valence-corrected chi connectivity index (χ0v) is 11.2. The number of hydrogen-bond acceptors (Lipinski definition) is 5. The molecule has 5 nitrogen and oxygen atoms in total. The van der Waals surface area contributed by atoms with Crippen LogP contribution in [0.1, 0.15) is 36.6 Å². The van der Waals surface area contributed by atoms with Crippen LogP contribution in [0.25, 0.3) is 0 Å². The molecule has 2 unspecified atom stereocenters. The Morgan fingerprint density at radius 1 is 1.47 bits per heavy atom. The van der Waals surface area contributed by atoms with Gasteiger partial charge in [-0.15, -0.1) is 0 Å². The van der Waals surface area contributed by atoms with Gasteiger partial charge in [0.15, 0.2) is 0 Å². The molecule has 1 aliphatic heterocycles. The monoisotopic (exact) mass is 265 g/mol. The van der Waals surface area contributed by atoms with E-state index in [0.717, 1.165) is 6.42 Å². The molecule has 5 heteroatoms. The number of phenols is 1. The Labute approximate surface area is 112 Å². The second-order valence-corrected chi connectivity index (χ2v) is 4.84. The van der Waals surface area contributed by atoms with Gasteiger partial charge in [-0.3, -0.25) is 4.90 Å². The summed E-state index contributed by atoms with van der Waals surface area (Å²) < 4.78 is 5.20. The first-order valence-electron chi connectivity index (χ1n) is 6.42. The second kappa shape index (κ2) is 5.59. The number of aliphatic hydroxyl groups is 1. The minimum absolute atomic E-state index is 0.0861. The lowest BCUT2D eigenvalue weighted by atomic mass is 9.91. The molecule has 0 amide bonds. The number of benzene rings is 1. The normalized spacial score (nSPS) is 22.9. The van der Waals surface area contributed by atoms with Gasteiger partial charge in [-0.25, -0.2) is 4.79 Å². The number of ether oxygens (including phenoxy) is 1. The van der Waals surface area contributed by atoms with Crippen LogP contribution in [0.5, 0.6) is 5.75 Å². The molecule has 0 spiro atoms. The van der Waals surface area contributed by atoms with Crippen LogP contribution in [0.4, 0.5) is 0 Å². The van der Waals surface area contributed by atoms with E-state index >= 15 is 0 Å². The van der Waals surface area contributed by atoms with E-state index in [1.165, 1.54) is 12.1 Å².